The second-order valence-electron chi connectivity index (χ2n) is 5.51. The Labute approximate surface area is 128 Å². The minimum atomic E-state index is -0.973. The molecule has 1 aromatic carbocycles. The van der Waals surface area contributed by atoms with Gasteiger partial charge in [-0.2, -0.15) is 0 Å². The number of amides is 1. The van der Waals surface area contributed by atoms with Gasteiger partial charge >= 0.3 is 5.97 Å². The van der Waals surface area contributed by atoms with E-state index in [2.05, 4.69) is 0 Å². The number of aliphatic carboxylic acids is 1. The number of benzene rings is 1. The van der Waals surface area contributed by atoms with E-state index in [4.69, 9.17) is 4.74 Å². The van der Waals surface area contributed by atoms with E-state index < -0.39 is 16.8 Å². The lowest BCUT2D eigenvalue weighted by Crippen LogP contribution is -2.48. The summed E-state index contributed by atoms with van der Waals surface area (Å²) in [5.74, 6) is -0.481. The molecule has 0 unspecified atom stereocenters. The van der Waals surface area contributed by atoms with Gasteiger partial charge in [0.2, 0.25) is 5.91 Å². The van der Waals surface area contributed by atoms with E-state index in [-0.39, 0.29) is 11.3 Å². The number of carbonyl (C=O) groups is 2. The van der Waals surface area contributed by atoms with Crippen LogP contribution < -0.4 is 4.74 Å². The molecule has 2 rings (SSSR count). The minimum absolute atomic E-state index is 0.235. The van der Waals surface area contributed by atoms with Crippen LogP contribution in [0.2, 0.25) is 0 Å². The molecule has 0 aliphatic carbocycles. The molecular weight excluding hydrogens is 290 g/mol. The third-order valence-electron chi connectivity index (χ3n) is 3.60. The van der Waals surface area contributed by atoms with Crippen molar-refractivity contribution in [1.82, 2.24) is 4.90 Å². The van der Waals surface area contributed by atoms with Crippen LogP contribution in [-0.2, 0) is 9.59 Å². The van der Waals surface area contributed by atoms with E-state index in [0.29, 0.717) is 0 Å². The molecule has 2 atom stereocenters. The van der Waals surface area contributed by atoms with Crippen LogP contribution in [0.4, 0.5) is 0 Å². The van der Waals surface area contributed by atoms with Gasteiger partial charge in [-0.1, -0.05) is 12.1 Å². The van der Waals surface area contributed by atoms with Crippen LogP contribution in [0.1, 0.15) is 31.7 Å². The number of ether oxygens (including phenoxy) is 1. The Morgan fingerprint density at radius 2 is 1.86 bits per heavy atom. The van der Waals surface area contributed by atoms with Crippen LogP contribution in [0.3, 0.4) is 0 Å². The summed E-state index contributed by atoms with van der Waals surface area (Å²) < 4.78 is 4.57. The maximum Gasteiger partial charge on any atom is 0.327 e. The highest BCUT2D eigenvalue weighted by molar-refractivity contribution is 8.01. The predicted molar refractivity (Wildman–Crippen MR) is 81.3 cm³/mol. The summed E-state index contributed by atoms with van der Waals surface area (Å²) in [7, 11) is 1.59. The fourth-order valence-electron chi connectivity index (χ4n) is 2.64. The minimum Gasteiger partial charge on any atom is -0.497 e. The van der Waals surface area contributed by atoms with Gasteiger partial charge in [0.1, 0.15) is 17.2 Å². The van der Waals surface area contributed by atoms with Crippen molar-refractivity contribution >= 4 is 23.6 Å². The zero-order valence-electron chi connectivity index (χ0n) is 12.5. The fraction of sp³-hybridized carbons (Fsp3) is 0.467. The molecule has 1 saturated heterocycles. The summed E-state index contributed by atoms with van der Waals surface area (Å²) in [6.45, 7) is 5.13. The van der Waals surface area contributed by atoms with E-state index in [1.54, 1.807) is 7.11 Å². The highest BCUT2D eigenvalue weighted by atomic mass is 32.2. The van der Waals surface area contributed by atoms with Gasteiger partial charge in [-0.25, -0.2) is 4.79 Å². The summed E-state index contributed by atoms with van der Waals surface area (Å²) in [5.41, 5.74) is 0.896. The number of hydrogen-bond acceptors (Lipinski definition) is 4. The van der Waals surface area contributed by atoms with E-state index in [1.165, 1.54) is 23.6 Å². The van der Waals surface area contributed by atoms with Crippen molar-refractivity contribution in [2.75, 3.05) is 7.11 Å². The molecule has 0 saturated carbocycles. The van der Waals surface area contributed by atoms with Crippen LogP contribution in [0.5, 0.6) is 5.75 Å². The zero-order chi connectivity index (χ0) is 15.8. The van der Waals surface area contributed by atoms with E-state index >= 15 is 0 Å². The second-order valence-corrected chi connectivity index (χ2v) is 7.25. The van der Waals surface area contributed by atoms with Gasteiger partial charge in [0, 0.05) is 11.7 Å². The summed E-state index contributed by atoms with van der Waals surface area (Å²) in [4.78, 5) is 25.0. The first kappa shape index (κ1) is 15.7. The van der Waals surface area contributed by atoms with Crippen LogP contribution >= 0.6 is 11.8 Å². The zero-order valence-corrected chi connectivity index (χ0v) is 13.3. The molecule has 1 heterocycles. The van der Waals surface area contributed by atoms with Gasteiger partial charge in [0.15, 0.2) is 0 Å². The third-order valence-corrected chi connectivity index (χ3v) is 5.16. The summed E-state index contributed by atoms with van der Waals surface area (Å²) in [6, 6.07) is 6.52. The van der Waals surface area contributed by atoms with Gasteiger partial charge in [0.05, 0.1) is 7.11 Å². The van der Waals surface area contributed by atoms with Gasteiger partial charge in [-0.15, -0.1) is 11.8 Å². The van der Waals surface area contributed by atoms with Gasteiger partial charge < -0.3 is 14.7 Å². The van der Waals surface area contributed by atoms with Crippen molar-refractivity contribution in [3.8, 4) is 5.75 Å². The van der Waals surface area contributed by atoms with Crippen molar-refractivity contribution in [2.45, 2.75) is 36.9 Å². The Kier molecular flexibility index (Phi) is 4.18. The van der Waals surface area contributed by atoms with Crippen molar-refractivity contribution < 1.29 is 19.4 Å². The molecule has 1 aliphatic rings. The molecule has 0 radical (unpaired) electrons. The maximum absolute atomic E-state index is 12.0. The predicted octanol–water partition coefficient (Wildman–Crippen LogP) is 2.52. The lowest BCUT2D eigenvalue weighted by molar-refractivity contribution is -0.150. The maximum atomic E-state index is 12.0. The average Bonchev–Trinajstić information content (AvgIpc) is 2.70. The molecule has 1 N–H and O–H groups in total. The van der Waals surface area contributed by atoms with Crippen molar-refractivity contribution in [3.63, 3.8) is 0 Å². The largest absolute Gasteiger partial charge is 0.497 e. The molecule has 114 valence electrons. The van der Waals surface area contributed by atoms with Gasteiger partial charge in [-0.05, 0) is 31.5 Å². The Morgan fingerprint density at radius 1 is 1.29 bits per heavy atom. The van der Waals surface area contributed by atoms with Crippen molar-refractivity contribution in [3.05, 3.63) is 29.8 Å². The molecule has 21 heavy (non-hydrogen) atoms. The average molecular weight is 309 g/mol. The smallest absolute Gasteiger partial charge is 0.327 e. The molecule has 0 aromatic heterocycles. The van der Waals surface area contributed by atoms with Crippen molar-refractivity contribution in [2.24, 2.45) is 0 Å². The van der Waals surface area contributed by atoms with Crippen LogP contribution in [-0.4, -0.2) is 39.8 Å². The number of carbonyl (C=O) groups excluding carboxylic acids is 1. The normalized spacial score (nSPS) is 23.9. The molecule has 1 amide bonds. The van der Waals surface area contributed by atoms with E-state index in [0.717, 1.165) is 11.3 Å². The molecule has 1 fully saturated rings. The third kappa shape index (κ3) is 2.85. The first-order valence-electron chi connectivity index (χ1n) is 6.61. The number of carboxylic acids is 1. The van der Waals surface area contributed by atoms with Crippen LogP contribution in [0, 0.1) is 0 Å². The Morgan fingerprint density at radius 3 is 2.29 bits per heavy atom. The molecule has 1 aliphatic heterocycles. The number of hydrogen-bond donors (Lipinski definition) is 1. The first-order chi connectivity index (χ1) is 9.77. The lowest BCUT2D eigenvalue weighted by Gasteiger charge is -2.28. The number of thioether (sulfide) groups is 1. The van der Waals surface area contributed by atoms with Gasteiger partial charge in [0.25, 0.3) is 0 Å². The Balaban J connectivity index is 2.42. The van der Waals surface area contributed by atoms with Gasteiger partial charge in [-0.3, -0.25) is 4.79 Å². The number of rotatable bonds is 3. The number of carboxylic acid groups (broad SMARTS) is 1. The SMILES string of the molecule is COc1ccc([C@H]2SC(C)(C)[C@@H](C(=O)O)N2C(C)=O)cc1. The Bertz CT molecular complexity index is 555. The highest BCUT2D eigenvalue weighted by Gasteiger charge is 2.52. The monoisotopic (exact) mass is 309 g/mol. The van der Waals surface area contributed by atoms with Crippen LogP contribution in [0.25, 0.3) is 0 Å². The standard InChI is InChI=1S/C15H19NO4S/c1-9(17)16-12(14(18)19)15(2,3)21-13(16)10-5-7-11(20-4)8-6-10/h5-8,12-13H,1-4H3,(H,18,19)/t12-,13-/m1/s1. The Hall–Kier alpha value is -1.69. The second kappa shape index (κ2) is 5.60. The lowest BCUT2D eigenvalue weighted by atomic mass is 10.0. The summed E-state index contributed by atoms with van der Waals surface area (Å²) >= 11 is 1.49. The van der Waals surface area contributed by atoms with E-state index in [9.17, 15) is 14.7 Å². The number of nitrogens with zero attached hydrogens (tertiary/aromatic N) is 1. The molecule has 6 heteroatoms. The van der Waals surface area contributed by atoms with Crippen molar-refractivity contribution in [1.29, 1.82) is 0 Å². The summed E-state index contributed by atoms with van der Waals surface area (Å²) in [6.07, 6.45) is 0. The molecule has 0 spiro atoms. The number of methoxy groups -OCH3 is 1. The topological polar surface area (TPSA) is 66.8 Å². The molecule has 1 aromatic rings. The van der Waals surface area contributed by atoms with E-state index in [1.807, 2.05) is 38.1 Å². The fourth-order valence-corrected chi connectivity index (χ4v) is 4.24. The molecule has 5 nitrogen and oxygen atoms in total. The first-order valence-corrected chi connectivity index (χ1v) is 7.49. The summed E-state index contributed by atoms with van der Waals surface area (Å²) in [5, 5.41) is 9.19. The highest BCUT2D eigenvalue weighted by Crippen LogP contribution is 2.52. The van der Waals surface area contributed by atoms with Crippen LogP contribution in [0.15, 0.2) is 24.3 Å². The molecular formula is C15H19NO4S. The molecule has 0 bridgehead atoms. The quantitative estimate of drug-likeness (QED) is 0.929.